The number of hydrogen-bond acceptors (Lipinski definition) is 8. The van der Waals surface area contributed by atoms with Crippen LogP contribution in [0.25, 0.3) is 11.1 Å². The first kappa shape index (κ1) is 27.1. The maximum absolute atomic E-state index is 16.6. The number of aliphatic carboxylic acids is 1. The minimum Gasteiger partial charge on any atom is -0.547 e. The summed E-state index contributed by atoms with van der Waals surface area (Å²) in [7, 11) is 0. The number of rotatable bonds is 9. The number of carboxylic acids is 1. The van der Waals surface area contributed by atoms with Gasteiger partial charge in [-0.1, -0.05) is 31.4 Å². The van der Waals surface area contributed by atoms with Crippen molar-refractivity contribution in [2.45, 2.75) is 69.9 Å². The van der Waals surface area contributed by atoms with Gasteiger partial charge in [-0.05, 0) is 56.4 Å². The van der Waals surface area contributed by atoms with Gasteiger partial charge in [-0.2, -0.15) is 9.37 Å². The predicted molar refractivity (Wildman–Crippen MR) is 134 cm³/mol. The Balaban J connectivity index is 1.42. The Kier molecular flexibility index (Phi) is 7.39. The van der Waals surface area contributed by atoms with Gasteiger partial charge >= 0.3 is 5.98 Å². The molecule has 1 N–H and O–H groups in total. The molecule has 1 aromatic heterocycles. The molecule has 1 aliphatic heterocycles. The van der Waals surface area contributed by atoms with Crippen molar-refractivity contribution in [3.8, 4) is 0 Å². The van der Waals surface area contributed by atoms with Crippen LogP contribution in [0.2, 0.25) is 0 Å². The van der Waals surface area contributed by atoms with Crippen LogP contribution in [-0.4, -0.2) is 46.3 Å². The summed E-state index contributed by atoms with van der Waals surface area (Å²) in [6.45, 7) is 1.96. The Bertz CT molecular complexity index is 1400. The second kappa shape index (κ2) is 10.6. The average Bonchev–Trinajstić information content (AvgIpc) is 3.60. The molecule has 8 nitrogen and oxygen atoms in total. The number of carbonyl (C=O) groups is 2. The number of fused-ring (bicyclic) bond motifs is 1. The van der Waals surface area contributed by atoms with E-state index < -0.39 is 41.4 Å². The third-order valence-corrected chi connectivity index (χ3v) is 7.66. The third-order valence-electron chi connectivity index (χ3n) is 7.66. The van der Waals surface area contributed by atoms with E-state index in [0.717, 1.165) is 6.42 Å². The number of ether oxygens (including phenoxy) is 1. The second-order valence-electron chi connectivity index (χ2n) is 10.2. The summed E-state index contributed by atoms with van der Waals surface area (Å²) in [5.41, 5.74) is -1.52. The molecule has 2 fully saturated rings. The lowest BCUT2D eigenvalue weighted by molar-refractivity contribution is -0.352. The third kappa shape index (κ3) is 5.12. The first-order valence-corrected chi connectivity index (χ1v) is 13.1. The van der Waals surface area contributed by atoms with E-state index >= 15 is 8.78 Å². The van der Waals surface area contributed by atoms with Crippen LogP contribution in [0.1, 0.15) is 56.1 Å². The number of likely N-dealkylation sites (tertiary alicyclic amines) is 1. The van der Waals surface area contributed by atoms with Gasteiger partial charge in [0.05, 0.1) is 5.97 Å². The molecular formula is C28H29F3N3O5-. The summed E-state index contributed by atoms with van der Waals surface area (Å²) in [4.78, 5) is 30.9. The summed E-state index contributed by atoms with van der Waals surface area (Å²) in [6, 6.07) is 7.05. The van der Waals surface area contributed by atoms with Crippen LogP contribution in [-0.2, 0) is 20.7 Å². The van der Waals surface area contributed by atoms with E-state index in [1.54, 1.807) is 13.0 Å². The molecule has 1 saturated carbocycles. The van der Waals surface area contributed by atoms with Crippen molar-refractivity contribution in [3.63, 3.8) is 0 Å². The van der Waals surface area contributed by atoms with Crippen molar-refractivity contribution in [2.24, 2.45) is 0 Å². The fourth-order valence-electron chi connectivity index (χ4n) is 5.36. The Hall–Kier alpha value is -3.44. The van der Waals surface area contributed by atoms with E-state index in [1.807, 2.05) is 0 Å². The topological polar surface area (TPSA) is 108 Å². The number of nitrogens with one attached hydrogen (secondary N) is 1. The molecule has 11 heteroatoms. The minimum atomic E-state index is -3.06. The number of carboxylic acid groups (broad SMARTS) is 1. The van der Waals surface area contributed by atoms with Crippen LogP contribution in [0, 0.1) is 18.6 Å². The lowest BCUT2D eigenvalue weighted by Gasteiger charge is -2.45. The number of Topliss-reactive ketones (excluding diaryl/α,β-unsaturated/α-hetero) is 1. The SMILES string of the molecule is Cc1c(F)cccc1Nc1nc2ccc(CC(=O)C(F)(OC3(C(=O)[O-])CCCCC3)N3CCCC3)c(F)c2o1. The van der Waals surface area contributed by atoms with E-state index in [-0.39, 0.29) is 48.6 Å². The maximum Gasteiger partial charge on any atom is 0.330 e. The molecule has 208 valence electrons. The summed E-state index contributed by atoms with van der Waals surface area (Å²) in [5.74, 6) is -7.07. The van der Waals surface area contributed by atoms with Gasteiger partial charge in [-0.3, -0.25) is 4.79 Å². The molecule has 0 spiro atoms. The molecule has 0 radical (unpaired) electrons. The van der Waals surface area contributed by atoms with Crippen LogP contribution in [0.3, 0.4) is 0 Å². The maximum atomic E-state index is 16.6. The monoisotopic (exact) mass is 544 g/mol. The highest BCUT2D eigenvalue weighted by Gasteiger charge is 2.53. The smallest absolute Gasteiger partial charge is 0.330 e. The number of alkyl halides is 1. The molecule has 5 rings (SSSR count). The Morgan fingerprint density at radius 2 is 1.85 bits per heavy atom. The average molecular weight is 545 g/mol. The predicted octanol–water partition coefficient (Wildman–Crippen LogP) is 4.46. The summed E-state index contributed by atoms with van der Waals surface area (Å²) < 4.78 is 57.1. The van der Waals surface area contributed by atoms with Crippen LogP contribution >= 0.6 is 0 Å². The van der Waals surface area contributed by atoms with E-state index in [4.69, 9.17) is 9.15 Å². The molecule has 3 aromatic rings. The van der Waals surface area contributed by atoms with Crippen LogP contribution in [0.4, 0.5) is 24.9 Å². The van der Waals surface area contributed by atoms with Crippen LogP contribution in [0.15, 0.2) is 34.7 Å². The number of oxazole rings is 1. The van der Waals surface area contributed by atoms with Gasteiger partial charge in [0.2, 0.25) is 5.78 Å². The standard InChI is InChI=1S/C28H30F3N3O5/c1-17-19(29)8-7-9-20(17)32-26-33-21-11-10-18(23(30)24(21)38-26)16-22(35)28(31,34-14-5-6-15-34)39-27(25(36)37)12-3-2-4-13-27/h7-11H,2-6,12-16H2,1H3,(H,32,33)(H,36,37)/p-1. The van der Waals surface area contributed by atoms with Crippen LogP contribution in [0.5, 0.6) is 0 Å². The minimum absolute atomic E-state index is 0.0288. The van der Waals surface area contributed by atoms with Gasteiger partial charge in [0.1, 0.15) is 16.9 Å². The van der Waals surface area contributed by atoms with Crippen molar-refractivity contribution >= 4 is 34.6 Å². The molecular weight excluding hydrogens is 515 g/mol. The molecule has 2 aromatic carbocycles. The molecule has 1 aliphatic carbocycles. The van der Waals surface area contributed by atoms with E-state index in [0.29, 0.717) is 36.9 Å². The lowest BCUT2D eigenvalue weighted by Crippen LogP contribution is -2.62. The molecule has 2 heterocycles. The van der Waals surface area contributed by atoms with Crippen molar-refractivity contribution in [3.05, 3.63) is 53.1 Å². The number of halogens is 3. The van der Waals surface area contributed by atoms with Crippen molar-refractivity contribution in [1.29, 1.82) is 0 Å². The Morgan fingerprint density at radius 3 is 2.54 bits per heavy atom. The molecule has 39 heavy (non-hydrogen) atoms. The van der Waals surface area contributed by atoms with Crippen molar-refractivity contribution < 1.29 is 37.0 Å². The Morgan fingerprint density at radius 1 is 1.13 bits per heavy atom. The fourth-order valence-corrected chi connectivity index (χ4v) is 5.36. The normalized spacial score (nSPS) is 19.2. The first-order chi connectivity index (χ1) is 18.6. The van der Waals surface area contributed by atoms with Gasteiger partial charge in [0.15, 0.2) is 11.4 Å². The quantitative estimate of drug-likeness (QED) is 0.394. The summed E-state index contributed by atoms with van der Waals surface area (Å²) in [5, 5.41) is 14.9. The number of ketones is 1. The fraction of sp³-hybridized carbons (Fsp3) is 0.464. The molecule has 1 saturated heterocycles. The number of benzene rings is 2. The number of aromatic nitrogens is 1. The Labute approximate surface area is 223 Å². The zero-order chi connectivity index (χ0) is 27.8. The van der Waals surface area contributed by atoms with Crippen LogP contribution < -0.4 is 10.4 Å². The second-order valence-corrected chi connectivity index (χ2v) is 10.2. The van der Waals surface area contributed by atoms with E-state index in [1.165, 1.54) is 29.2 Å². The molecule has 1 atom stereocenters. The zero-order valence-corrected chi connectivity index (χ0v) is 21.5. The van der Waals surface area contributed by atoms with Gasteiger partial charge in [-0.15, -0.1) is 0 Å². The molecule has 2 aliphatic rings. The van der Waals surface area contributed by atoms with Crippen molar-refractivity contribution in [1.82, 2.24) is 9.88 Å². The van der Waals surface area contributed by atoms with E-state index in [9.17, 15) is 19.1 Å². The first-order valence-electron chi connectivity index (χ1n) is 13.1. The van der Waals surface area contributed by atoms with Gasteiger partial charge in [-0.25, -0.2) is 13.7 Å². The van der Waals surface area contributed by atoms with Crippen molar-refractivity contribution in [2.75, 3.05) is 18.4 Å². The number of hydrogen-bond donors (Lipinski definition) is 1. The number of nitrogens with zero attached hydrogens (tertiary/aromatic N) is 2. The molecule has 1 unspecified atom stereocenters. The van der Waals surface area contributed by atoms with Gasteiger partial charge < -0.3 is 24.4 Å². The van der Waals surface area contributed by atoms with E-state index in [2.05, 4.69) is 10.3 Å². The summed E-state index contributed by atoms with van der Waals surface area (Å²) in [6.07, 6.45) is 2.35. The zero-order valence-electron chi connectivity index (χ0n) is 21.5. The molecule has 0 bridgehead atoms. The number of anilines is 2. The van der Waals surface area contributed by atoms with Gasteiger partial charge in [0.25, 0.3) is 6.01 Å². The molecule has 0 amide bonds. The van der Waals surface area contributed by atoms with Gasteiger partial charge in [0, 0.05) is 30.8 Å². The summed E-state index contributed by atoms with van der Waals surface area (Å²) >= 11 is 0. The largest absolute Gasteiger partial charge is 0.547 e. The highest BCUT2D eigenvalue weighted by molar-refractivity contribution is 5.89. The highest BCUT2D eigenvalue weighted by Crippen LogP contribution is 2.39. The lowest BCUT2D eigenvalue weighted by atomic mass is 9.84. The number of carbonyl (C=O) groups excluding carboxylic acids is 2. The highest BCUT2D eigenvalue weighted by atomic mass is 19.2.